The standard InChI is InChI=1S/C18H18N2O6S/c1-18(2)16(20-13(22)6-14(20)27(18,24)25)17(23)26-9-10-4-3-5-12-15(10)11(8-21)7-19-12/h3-5,7-8,14,16,19H,6,9H2,1-2H3/t14-,16+/m1/s1/i8D. The first-order valence-corrected chi connectivity index (χ1v) is 9.93. The van der Waals surface area contributed by atoms with Crippen LogP contribution in [0.3, 0.4) is 0 Å². The number of ether oxygens (including phenoxy) is 1. The minimum Gasteiger partial charge on any atom is -0.459 e. The smallest absolute Gasteiger partial charge is 0.330 e. The molecular weight excluding hydrogens is 372 g/mol. The number of carbonyl (C=O) groups is 3. The Hall–Kier alpha value is -2.68. The predicted molar refractivity (Wildman–Crippen MR) is 95.5 cm³/mol. The van der Waals surface area contributed by atoms with Crippen LogP contribution in [0.15, 0.2) is 24.4 Å². The van der Waals surface area contributed by atoms with Crippen molar-refractivity contribution < 1.29 is 28.9 Å². The molecule has 2 fully saturated rings. The van der Waals surface area contributed by atoms with E-state index in [9.17, 15) is 22.8 Å². The van der Waals surface area contributed by atoms with E-state index in [1.165, 1.54) is 20.0 Å². The van der Waals surface area contributed by atoms with E-state index in [0.29, 0.717) is 16.5 Å². The number of fused-ring (bicyclic) bond motifs is 2. The lowest BCUT2D eigenvalue weighted by molar-refractivity contribution is -0.162. The molecule has 9 heteroatoms. The molecule has 1 aromatic carbocycles. The van der Waals surface area contributed by atoms with E-state index in [1.807, 2.05) is 0 Å². The van der Waals surface area contributed by atoms with Crippen LogP contribution in [0.1, 0.15) is 37.6 Å². The maximum absolute atomic E-state index is 12.8. The molecule has 142 valence electrons. The van der Waals surface area contributed by atoms with Crippen molar-refractivity contribution >= 4 is 38.9 Å². The first-order valence-electron chi connectivity index (χ1n) is 8.88. The number of aromatic nitrogens is 1. The van der Waals surface area contributed by atoms with Gasteiger partial charge in [-0.05, 0) is 25.5 Å². The summed E-state index contributed by atoms with van der Waals surface area (Å²) in [7, 11) is -3.69. The molecule has 0 spiro atoms. The molecule has 0 aliphatic carbocycles. The Morgan fingerprint density at radius 1 is 1.48 bits per heavy atom. The number of H-pyrrole nitrogens is 1. The molecule has 0 saturated carbocycles. The summed E-state index contributed by atoms with van der Waals surface area (Å²) in [4.78, 5) is 40.2. The van der Waals surface area contributed by atoms with E-state index in [4.69, 9.17) is 6.11 Å². The minimum absolute atomic E-state index is 0.118. The third-order valence-corrected chi connectivity index (χ3v) is 8.27. The molecule has 8 nitrogen and oxygen atoms in total. The predicted octanol–water partition coefficient (Wildman–Crippen LogP) is 1.16. The number of nitrogens with zero attached hydrogens (tertiary/aromatic N) is 1. The summed E-state index contributed by atoms with van der Waals surface area (Å²) in [5.74, 6) is -1.20. The number of benzene rings is 1. The van der Waals surface area contributed by atoms with Gasteiger partial charge in [-0.1, -0.05) is 12.1 Å². The van der Waals surface area contributed by atoms with Crippen LogP contribution in [0.5, 0.6) is 0 Å². The summed E-state index contributed by atoms with van der Waals surface area (Å²) < 4.78 is 36.5. The number of nitrogens with one attached hydrogen (secondary N) is 1. The highest BCUT2D eigenvalue weighted by Gasteiger charge is 2.68. The highest BCUT2D eigenvalue weighted by atomic mass is 32.2. The highest BCUT2D eigenvalue weighted by molar-refractivity contribution is 7.93. The molecule has 0 unspecified atom stereocenters. The van der Waals surface area contributed by atoms with Gasteiger partial charge < -0.3 is 14.6 Å². The SMILES string of the molecule is [2H]C(=O)c1c[nH]c2cccc(COC(=O)[C@@H]3N4C(=O)C[C@H]4S(=O)(=O)C3(C)C)c12. The van der Waals surface area contributed by atoms with Crippen molar-refractivity contribution in [2.24, 2.45) is 0 Å². The van der Waals surface area contributed by atoms with Crippen LogP contribution in [0.4, 0.5) is 0 Å². The molecule has 1 aromatic heterocycles. The molecule has 0 bridgehead atoms. The zero-order chi connectivity index (χ0) is 20.4. The highest BCUT2D eigenvalue weighted by Crippen LogP contribution is 2.46. The molecule has 1 N–H and O–H groups in total. The van der Waals surface area contributed by atoms with Crippen LogP contribution >= 0.6 is 0 Å². The average Bonchev–Trinajstić information content (AvgIpc) is 3.10. The zero-order valence-corrected chi connectivity index (χ0v) is 15.5. The van der Waals surface area contributed by atoms with E-state index >= 15 is 0 Å². The molecule has 2 aliphatic heterocycles. The van der Waals surface area contributed by atoms with Gasteiger partial charge in [-0.3, -0.25) is 9.59 Å². The number of aldehydes is 1. The Balaban J connectivity index is 1.62. The van der Waals surface area contributed by atoms with Gasteiger partial charge in [-0.25, -0.2) is 13.2 Å². The van der Waals surface area contributed by atoms with Gasteiger partial charge in [0.15, 0.2) is 16.1 Å². The van der Waals surface area contributed by atoms with E-state index in [1.54, 1.807) is 18.2 Å². The maximum Gasteiger partial charge on any atom is 0.330 e. The summed E-state index contributed by atoms with van der Waals surface area (Å²) in [6, 6.07) is 3.87. The van der Waals surface area contributed by atoms with Crippen LogP contribution in [0.2, 0.25) is 0 Å². The number of sulfone groups is 1. The molecular formula is C18H18N2O6S. The number of amides is 1. The summed E-state index contributed by atoms with van der Waals surface area (Å²) in [6.45, 7) is 2.63. The van der Waals surface area contributed by atoms with Crippen molar-refractivity contribution in [2.45, 2.75) is 43.0 Å². The van der Waals surface area contributed by atoms with Crippen molar-refractivity contribution in [3.8, 4) is 0 Å². The molecule has 2 saturated heterocycles. The van der Waals surface area contributed by atoms with Gasteiger partial charge in [0.25, 0.3) is 0 Å². The Bertz CT molecular complexity index is 1140. The van der Waals surface area contributed by atoms with Crippen molar-refractivity contribution in [1.29, 1.82) is 0 Å². The largest absolute Gasteiger partial charge is 0.459 e. The number of hydrogen-bond donors (Lipinski definition) is 1. The summed E-state index contributed by atoms with van der Waals surface area (Å²) >= 11 is 0. The lowest BCUT2D eigenvalue weighted by Crippen LogP contribution is -2.57. The number of rotatable bonds is 4. The number of esters is 1. The maximum atomic E-state index is 12.8. The van der Waals surface area contributed by atoms with Gasteiger partial charge in [0.05, 0.1) is 11.2 Å². The van der Waals surface area contributed by atoms with Gasteiger partial charge in [0.2, 0.25) is 5.91 Å². The van der Waals surface area contributed by atoms with Gasteiger partial charge in [0.1, 0.15) is 19.4 Å². The number of aromatic amines is 1. The van der Waals surface area contributed by atoms with Gasteiger partial charge >= 0.3 is 5.97 Å². The number of hydrogen-bond acceptors (Lipinski definition) is 6. The van der Waals surface area contributed by atoms with Gasteiger partial charge in [0, 0.05) is 22.7 Å². The summed E-state index contributed by atoms with van der Waals surface area (Å²) in [5, 5.41) is -0.500. The zero-order valence-electron chi connectivity index (χ0n) is 15.7. The first kappa shape index (κ1) is 16.5. The molecule has 1 amide bonds. The number of carbonyl (C=O) groups excluding carboxylic acids is 3. The Morgan fingerprint density at radius 2 is 2.22 bits per heavy atom. The van der Waals surface area contributed by atoms with E-state index in [2.05, 4.69) is 4.98 Å². The van der Waals surface area contributed by atoms with Gasteiger partial charge in [-0.2, -0.15) is 0 Å². The average molecular weight is 391 g/mol. The molecule has 2 aromatic rings. The minimum atomic E-state index is -3.69. The van der Waals surface area contributed by atoms with Crippen molar-refractivity contribution in [3.63, 3.8) is 0 Å². The molecule has 3 heterocycles. The molecule has 2 aliphatic rings. The molecule has 27 heavy (non-hydrogen) atoms. The fraction of sp³-hybridized carbons (Fsp3) is 0.389. The molecule has 2 atom stereocenters. The fourth-order valence-electron chi connectivity index (χ4n) is 3.90. The van der Waals surface area contributed by atoms with Crippen LogP contribution in [0, 0.1) is 0 Å². The third-order valence-electron chi connectivity index (χ3n) is 5.47. The monoisotopic (exact) mass is 391 g/mol. The van der Waals surface area contributed by atoms with Crippen LogP contribution in [0.25, 0.3) is 10.9 Å². The second-order valence-electron chi connectivity index (χ2n) is 7.26. The quantitative estimate of drug-likeness (QED) is 0.475. The Morgan fingerprint density at radius 3 is 2.89 bits per heavy atom. The second-order valence-corrected chi connectivity index (χ2v) is 9.95. The first-order chi connectivity index (χ1) is 13.1. The van der Waals surface area contributed by atoms with Gasteiger partial charge in [-0.15, -0.1) is 0 Å². The topological polar surface area (TPSA) is 114 Å². The van der Waals surface area contributed by atoms with Crippen LogP contribution in [-0.4, -0.2) is 52.6 Å². The lowest BCUT2D eigenvalue weighted by Gasteiger charge is -2.36. The van der Waals surface area contributed by atoms with Crippen molar-refractivity contribution in [1.82, 2.24) is 9.88 Å². The third kappa shape index (κ3) is 2.27. The second kappa shape index (κ2) is 5.66. The fourth-order valence-corrected chi connectivity index (χ4v) is 6.02. The normalized spacial score (nSPS) is 25.6. The van der Waals surface area contributed by atoms with Crippen LogP contribution in [-0.2, 0) is 30.8 Å². The summed E-state index contributed by atoms with van der Waals surface area (Å²) in [5.41, 5.74) is 1.28. The van der Waals surface area contributed by atoms with E-state index in [0.717, 1.165) is 4.90 Å². The van der Waals surface area contributed by atoms with E-state index in [-0.39, 0.29) is 18.6 Å². The van der Waals surface area contributed by atoms with Crippen LogP contribution < -0.4 is 0 Å². The summed E-state index contributed by atoms with van der Waals surface area (Å²) in [6.07, 6.45) is 0.427. The molecule has 0 radical (unpaired) electrons. The number of β-lactam (4-membered cyclic amide) rings is 1. The van der Waals surface area contributed by atoms with Crippen molar-refractivity contribution in [2.75, 3.05) is 0 Å². The molecule has 4 rings (SSSR count). The van der Waals surface area contributed by atoms with E-state index < -0.39 is 44.1 Å². The lowest BCUT2D eigenvalue weighted by atomic mass is 9.98. The van der Waals surface area contributed by atoms with Crippen molar-refractivity contribution in [3.05, 3.63) is 35.5 Å². The Labute approximate surface area is 156 Å². The Kier molecular flexibility index (Phi) is 3.45.